The number of phenolic OH excluding ortho intramolecular Hbond substituents is 1. The number of phenols is 1. The Balaban J connectivity index is 1.49. The average molecular weight is 334 g/mol. The van der Waals surface area contributed by atoms with Crippen LogP contribution >= 0.6 is 0 Å². The number of carbonyl (C=O) groups is 1. The van der Waals surface area contributed by atoms with Crippen LogP contribution in [0.2, 0.25) is 0 Å². The van der Waals surface area contributed by atoms with Crippen molar-refractivity contribution in [2.75, 3.05) is 50.7 Å². The van der Waals surface area contributed by atoms with Crippen LogP contribution in [0.1, 0.15) is 13.8 Å². The smallest absolute Gasteiger partial charge is 0.277 e. The zero-order valence-electron chi connectivity index (χ0n) is 14.6. The Labute approximate surface area is 143 Å². The monoisotopic (exact) mass is 334 g/mol. The van der Waals surface area contributed by atoms with Crippen molar-refractivity contribution < 1.29 is 19.5 Å². The molecule has 2 aliphatic rings. The van der Waals surface area contributed by atoms with Gasteiger partial charge in [0.15, 0.2) is 6.54 Å². The number of nitrogens with one attached hydrogen (secondary N) is 1. The number of piperazine rings is 1. The van der Waals surface area contributed by atoms with Gasteiger partial charge in [0.2, 0.25) is 0 Å². The predicted molar refractivity (Wildman–Crippen MR) is 92.5 cm³/mol. The Morgan fingerprint density at radius 1 is 1.12 bits per heavy atom. The Bertz CT molecular complexity index is 545. The lowest BCUT2D eigenvalue weighted by atomic mass is 10.2. The summed E-state index contributed by atoms with van der Waals surface area (Å²) < 4.78 is 5.74. The second-order valence-electron chi connectivity index (χ2n) is 6.98. The molecule has 2 heterocycles. The molecule has 6 nitrogen and oxygen atoms in total. The SMILES string of the molecule is C[C@@H]1C[NH+](CC(=O)N2CCN(c3ccc(O)cc3)CC2)C[C@H](C)O1. The van der Waals surface area contributed by atoms with Crippen LogP contribution in [0.25, 0.3) is 0 Å². The molecule has 24 heavy (non-hydrogen) atoms. The second kappa shape index (κ2) is 7.40. The molecule has 0 aromatic heterocycles. The van der Waals surface area contributed by atoms with E-state index in [1.807, 2.05) is 17.0 Å². The number of anilines is 1. The van der Waals surface area contributed by atoms with Crippen LogP contribution in [0.4, 0.5) is 5.69 Å². The van der Waals surface area contributed by atoms with E-state index in [0.717, 1.165) is 45.0 Å². The highest BCUT2D eigenvalue weighted by atomic mass is 16.5. The van der Waals surface area contributed by atoms with Gasteiger partial charge in [-0.1, -0.05) is 0 Å². The number of hydrogen-bond acceptors (Lipinski definition) is 4. The van der Waals surface area contributed by atoms with Crippen LogP contribution in [0.5, 0.6) is 5.75 Å². The fourth-order valence-corrected chi connectivity index (χ4v) is 3.74. The molecule has 1 unspecified atom stereocenters. The van der Waals surface area contributed by atoms with Crippen molar-refractivity contribution >= 4 is 11.6 Å². The van der Waals surface area contributed by atoms with Crippen molar-refractivity contribution in [3.05, 3.63) is 24.3 Å². The zero-order chi connectivity index (χ0) is 17.1. The lowest BCUT2D eigenvalue weighted by molar-refractivity contribution is -0.907. The number of quaternary nitrogens is 1. The van der Waals surface area contributed by atoms with Crippen molar-refractivity contribution in [3.63, 3.8) is 0 Å². The first-order valence-corrected chi connectivity index (χ1v) is 8.82. The summed E-state index contributed by atoms with van der Waals surface area (Å²) in [7, 11) is 0. The highest BCUT2D eigenvalue weighted by Gasteiger charge is 2.30. The summed E-state index contributed by atoms with van der Waals surface area (Å²) >= 11 is 0. The third kappa shape index (κ3) is 4.19. The molecule has 1 aromatic carbocycles. The van der Waals surface area contributed by atoms with E-state index in [1.54, 1.807) is 12.1 Å². The van der Waals surface area contributed by atoms with Gasteiger partial charge in [-0.25, -0.2) is 0 Å². The summed E-state index contributed by atoms with van der Waals surface area (Å²) in [5.74, 6) is 0.529. The Morgan fingerprint density at radius 3 is 2.29 bits per heavy atom. The molecule has 0 bridgehead atoms. The third-order valence-electron chi connectivity index (χ3n) is 4.87. The van der Waals surface area contributed by atoms with Gasteiger partial charge >= 0.3 is 0 Å². The highest BCUT2D eigenvalue weighted by Crippen LogP contribution is 2.19. The van der Waals surface area contributed by atoms with Gasteiger partial charge in [-0.05, 0) is 38.1 Å². The zero-order valence-corrected chi connectivity index (χ0v) is 14.6. The first-order chi connectivity index (χ1) is 11.5. The van der Waals surface area contributed by atoms with E-state index in [0.29, 0.717) is 6.54 Å². The number of hydrogen-bond donors (Lipinski definition) is 2. The molecule has 0 spiro atoms. The molecule has 132 valence electrons. The summed E-state index contributed by atoms with van der Waals surface area (Å²) in [6.07, 6.45) is 0.450. The highest BCUT2D eigenvalue weighted by molar-refractivity contribution is 5.77. The quantitative estimate of drug-likeness (QED) is 0.799. The Morgan fingerprint density at radius 2 is 1.71 bits per heavy atom. The molecule has 1 aromatic rings. The van der Waals surface area contributed by atoms with E-state index in [-0.39, 0.29) is 23.9 Å². The topological polar surface area (TPSA) is 57.5 Å². The van der Waals surface area contributed by atoms with Gasteiger partial charge in [-0.2, -0.15) is 0 Å². The summed E-state index contributed by atoms with van der Waals surface area (Å²) in [4.78, 5) is 18.1. The van der Waals surface area contributed by atoms with E-state index in [1.165, 1.54) is 4.90 Å². The molecule has 2 saturated heterocycles. The molecule has 1 amide bonds. The summed E-state index contributed by atoms with van der Waals surface area (Å²) in [5, 5.41) is 9.38. The van der Waals surface area contributed by atoms with Gasteiger partial charge in [-0.15, -0.1) is 0 Å². The minimum atomic E-state index is 0.225. The van der Waals surface area contributed by atoms with Gasteiger partial charge < -0.3 is 24.5 Å². The number of rotatable bonds is 3. The molecule has 3 atom stereocenters. The minimum absolute atomic E-state index is 0.225. The van der Waals surface area contributed by atoms with E-state index in [9.17, 15) is 9.90 Å². The van der Waals surface area contributed by atoms with Crippen LogP contribution in [0, 0.1) is 0 Å². The molecule has 6 heteroatoms. The predicted octanol–water partition coefficient (Wildman–Crippen LogP) is -0.267. The summed E-state index contributed by atoms with van der Waals surface area (Å²) in [6.45, 7) is 9.73. The van der Waals surface area contributed by atoms with Crippen LogP contribution in [0.15, 0.2) is 24.3 Å². The maximum absolute atomic E-state index is 12.6. The van der Waals surface area contributed by atoms with Gasteiger partial charge in [0, 0.05) is 31.9 Å². The van der Waals surface area contributed by atoms with Gasteiger partial charge in [0.05, 0.1) is 0 Å². The third-order valence-corrected chi connectivity index (χ3v) is 4.87. The van der Waals surface area contributed by atoms with Crippen LogP contribution in [0.3, 0.4) is 0 Å². The average Bonchev–Trinajstić information content (AvgIpc) is 2.55. The molecular formula is C18H28N3O3+. The minimum Gasteiger partial charge on any atom is -0.508 e. The maximum Gasteiger partial charge on any atom is 0.277 e. The largest absolute Gasteiger partial charge is 0.508 e. The van der Waals surface area contributed by atoms with Crippen molar-refractivity contribution in [1.29, 1.82) is 0 Å². The van der Waals surface area contributed by atoms with Crippen LogP contribution < -0.4 is 9.80 Å². The fourth-order valence-electron chi connectivity index (χ4n) is 3.74. The number of nitrogens with zero attached hydrogens (tertiary/aromatic N) is 2. The number of carbonyl (C=O) groups excluding carboxylic acids is 1. The summed E-state index contributed by atoms with van der Waals surface area (Å²) in [6, 6.07) is 7.26. The van der Waals surface area contributed by atoms with Gasteiger partial charge in [-0.3, -0.25) is 4.79 Å². The summed E-state index contributed by atoms with van der Waals surface area (Å²) in [5.41, 5.74) is 1.10. The van der Waals surface area contributed by atoms with Gasteiger partial charge in [0.1, 0.15) is 31.0 Å². The molecule has 0 aliphatic carbocycles. The van der Waals surface area contributed by atoms with E-state index >= 15 is 0 Å². The molecule has 2 aliphatic heterocycles. The normalized spacial score (nSPS) is 28.0. The van der Waals surface area contributed by atoms with Crippen molar-refractivity contribution in [3.8, 4) is 5.75 Å². The molecule has 3 rings (SSSR count). The Hall–Kier alpha value is -1.79. The van der Waals surface area contributed by atoms with Crippen LogP contribution in [-0.2, 0) is 9.53 Å². The first-order valence-electron chi connectivity index (χ1n) is 8.82. The molecule has 2 fully saturated rings. The number of amides is 1. The number of morpholine rings is 1. The standard InChI is InChI=1S/C18H27N3O3/c1-14-11-19(12-15(2)24-14)13-18(23)21-9-7-20(8-10-21)16-3-5-17(22)6-4-16/h3-6,14-15,22H,7-13H2,1-2H3/p+1/t14-,15+. The first kappa shape index (κ1) is 17.0. The molecule has 0 saturated carbocycles. The fraction of sp³-hybridized carbons (Fsp3) is 0.611. The van der Waals surface area contributed by atoms with E-state index in [2.05, 4.69) is 18.7 Å². The number of benzene rings is 1. The second-order valence-corrected chi connectivity index (χ2v) is 6.98. The van der Waals surface area contributed by atoms with E-state index in [4.69, 9.17) is 4.74 Å². The lowest BCUT2D eigenvalue weighted by Crippen LogP contribution is -3.16. The lowest BCUT2D eigenvalue weighted by Gasteiger charge is -2.37. The Kier molecular flexibility index (Phi) is 5.26. The maximum atomic E-state index is 12.6. The van der Waals surface area contributed by atoms with E-state index < -0.39 is 0 Å². The van der Waals surface area contributed by atoms with Crippen molar-refractivity contribution in [1.82, 2.24) is 4.90 Å². The van der Waals surface area contributed by atoms with Gasteiger partial charge in [0.25, 0.3) is 5.91 Å². The number of ether oxygens (including phenoxy) is 1. The van der Waals surface area contributed by atoms with Crippen molar-refractivity contribution in [2.24, 2.45) is 0 Å². The van der Waals surface area contributed by atoms with Crippen molar-refractivity contribution in [2.45, 2.75) is 26.1 Å². The number of aromatic hydroxyl groups is 1. The molecule has 2 N–H and O–H groups in total. The van der Waals surface area contributed by atoms with Crippen LogP contribution in [-0.4, -0.2) is 73.9 Å². The molecule has 0 radical (unpaired) electrons. The molecular weight excluding hydrogens is 306 g/mol.